The first-order valence-electron chi connectivity index (χ1n) is 9.75. The molecule has 0 fully saturated rings. The van der Waals surface area contributed by atoms with Crippen LogP contribution in [0.25, 0.3) is 0 Å². The van der Waals surface area contributed by atoms with Gasteiger partial charge in [-0.2, -0.15) is 13.2 Å². The Hall–Kier alpha value is -1.80. The smallest absolute Gasteiger partial charge is 0.416 e. The van der Waals surface area contributed by atoms with E-state index >= 15 is 0 Å². The van der Waals surface area contributed by atoms with Gasteiger partial charge in [0.05, 0.1) is 28.4 Å². The van der Waals surface area contributed by atoms with E-state index in [2.05, 4.69) is 5.16 Å². The Morgan fingerprint density at radius 1 is 0.909 bits per heavy atom. The standard InChI is InChI=1S/C22H20Cl4F3NO3/c23-18-12-17(31-11-8-20(25)26)13-19(24)21(18)32-9-2-1-3-10-33-30-14-15-4-6-16(7-5-15)22(27,28)29/h4-8,12-14H,1-3,9-11H2/b30-14+. The lowest BCUT2D eigenvalue weighted by molar-refractivity contribution is -0.137. The highest BCUT2D eigenvalue weighted by molar-refractivity contribution is 6.55. The average molecular weight is 545 g/mol. The molecule has 0 aliphatic heterocycles. The molecule has 0 amide bonds. The van der Waals surface area contributed by atoms with Crippen LogP contribution >= 0.6 is 46.4 Å². The Kier molecular flexibility index (Phi) is 11.5. The van der Waals surface area contributed by atoms with Gasteiger partial charge in [0.15, 0.2) is 5.75 Å². The van der Waals surface area contributed by atoms with E-state index in [1.807, 2.05) is 0 Å². The molecule has 0 bridgehead atoms. The van der Waals surface area contributed by atoms with E-state index in [1.165, 1.54) is 24.4 Å². The number of nitrogens with zero attached hydrogens (tertiary/aromatic N) is 1. The average Bonchev–Trinajstić information content (AvgIpc) is 2.73. The number of halogens is 7. The van der Waals surface area contributed by atoms with Crippen molar-refractivity contribution in [3.8, 4) is 11.5 Å². The van der Waals surface area contributed by atoms with Gasteiger partial charge in [0.2, 0.25) is 0 Å². The number of hydrogen-bond acceptors (Lipinski definition) is 4. The third-order valence-corrected chi connectivity index (χ3v) is 4.97. The zero-order chi connectivity index (χ0) is 24.3. The Labute approximate surface area is 209 Å². The van der Waals surface area contributed by atoms with Crippen molar-refractivity contribution in [2.24, 2.45) is 5.16 Å². The van der Waals surface area contributed by atoms with Gasteiger partial charge < -0.3 is 14.3 Å². The first kappa shape index (κ1) is 27.4. The SMILES string of the molecule is FC(F)(F)c1ccc(/C=N/OCCCCCOc2c(Cl)cc(OCC=C(Cl)Cl)cc2Cl)cc1. The molecule has 11 heteroatoms. The van der Waals surface area contributed by atoms with Crippen molar-refractivity contribution in [1.29, 1.82) is 0 Å². The quantitative estimate of drug-likeness (QED) is 0.153. The highest BCUT2D eigenvalue weighted by Gasteiger charge is 2.29. The minimum Gasteiger partial charge on any atom is -0.490 e. The molecule has 2 aromatic carbocycles. The summed E-state index contributed by atoms with van der Waals surface area (Å²) in [7, 11) is 0. The summed E-state index contributed by atoms with van der Waals surface area (Å²) < 4.78 is 48.7. The molecule has 0 N–H and O–H groups in total. The van der Waals surface area contributed by atoms with E-state index in [4.69, 9.17) is 60.7 Å². The van der Waals surface area contributed by atoms with Crippen molar-refractivity contribution in [2.75, 3.05) is 19.8 Å². The number of oxime groups is 1. The van der Waals surface area contributed by atoms with Crippen LogP contribution in [0.4, 0.5) is 13.2 Å². The van der Waals surface area contributed by atoms with Gasteiger partial charge in [-0.25, -0.2) is 0 Å². The molecule has 0 atom stereocenters. The zero-order valence-electron chi connectivity index (χ0n) is 17.2. The van der Waals surface area contributed by atoms with E-state index < -0.39 is 11.7 Å². The first-order chi connectivity index (χ1) is 15.7. The van der Waals surface area contributed by atoms with E-state index in [0.29, 0.717) is 40.3 Å². The number of benzene rings is 2. The highest BCUT2D eigenvalue weighted by Crippen LogP contribution is 2.37. The normalized spacial score (nSPS) is 11.5. The minimum atomic E-state index is -4.36. The van der Waals surface area contributed by atoms with Gasteiger partial charge in [-0.1, -0.05) is 63.7 Å². The fraction of sp³-hybridized carbons (Fsp3) is 0.318. The van der Waals surface area contributed by atoms with Crippen LogP contribution < -0.4 is 9.47 Å². The summed E-state index contributed by atoms with van der Waals surface area (Å²) in [5, 5.41) is 4.40. The molecule has 0 saturated carbocycles. The van der Waals surface area contributed by atoms with Crippen LogP contribution in [0.1, 0.15) is 30.4 Å². The maximum atomic E-state index is 12.5. The number of rotatable bonds is 12. The van der Waals surface area contributed by atoms with Crippen LogP contribution in [0.2, 0.25) is 10.0 Å². The van der Waals surface area contributed by atoms with Crippen LogP contribution in [0.5, 0.6) is 11.5 Å². The van der Waals surface area contributed by atoms with Gasteiger partial charge in [-0.15, -0.1) is 0 Å². The molecule has 33 heavy (non-hydrogen) atoms. The lowest BCUT2D eigenvalue weighted by atomic mass is 10.1. The lowest BCUT2D eigenvalue weighted by Crippen LogP contribution is -2.04. The molecule has 0 unspecified atom stereocenters. The summed E-state index contributed by atoms with van der Waals surface area (Å²) in [6.45, 7) is 0.941. The molecule has 0 radical (unpaired) electrons. The predicted octanol–water partition coefficient (Wildman–Crippen LogP) is 8.31. The van der Waals surface area contributed by atoms with E-state index in [-0.39, 0.29) is 11.1 Å². The summed E-state index contributed by atoms with van der Waals surface area (Å²) in [6, 6.07) is 7.82. The second-order valence-corrected chi connectivity index (χ2v) is 8.44. The molecule has 0 aliphatic carbocycles. The highest BCUT2D eigenvalue weighted by atomic mass is 35.5. The summed E-state index contributed by atoms with van der Waals surface area (Å²) in [5.74, 6) is 0.825. The van der Waals surface area contributed by atoms with Crippen molar-refractivity contribution in [3.05, 3.63) is 68.1 Å². The Morgan fingerprint density at radius 3 is 2.15 bits per heavy atom. The first-order valence-corrected chi connectivity index (χ1v) is 11.3. The van der Waals surface area contributed by atoms with Crippen molar-refractivity contribution in [3.63, 3.8) is 0 Å². The molecule has 0 spiro atoms. The van der Waals surface area contributed by atoms with Crippen molar-refractivity contribution >= 4 is 52.6 Å². The summed E-state index contributed by atoms with van der Waals surface area (Å²) in [6.07, 6.45) is 0.744. The van der Waals surface area contributed by atoms with Crippen LogP contribution in [-0.2, 0) is 11.0 Å². The molecule has 4 nitrogen and oxygen atoms in total. The molecule has 0 heterocycles. The van der Waals surface area contributed by atoms with Crippen molar-refractivity contribution in [2.45, 2.75) is 25.4 Å². The van der Waals surface area contributed by atoms with Gasteiger partial charge in [-0.3, -0.25) is 0 Å². The molecule has 2 rings (SSSR count). The van der Waals surface area contributed by atoms with Gasteiger partial charge in [0, 0.05) is 12.1 Å². The van der Waals surface area contributed by atoms with E-state index in [0.717, 1.165) is 31.4 Å². The molecule has 0 aliphatic rings. The van der Waals surface area contributed by atoms with E-state index in [9.17, 15) is 13.2 Å². The minimum absolute atomic E-state index is 0.100. The maximum absolute atomic E-state index is 12.5. The lowest BCUT2D eigenvalue weighted by Gasteiger charge is -2.12. The topological polar surface area (TPSA) is 40.0 Å². The number of ether oxygens (including phenoxy) is 2. The second kappa shape index (κ2) is 13.8. The Balaban J connectivity index is 1.63. The maximum Gasteiger partial charge on any atom is 0.416 e. The number of hydrogen-bond donors (Lipinski definition) is 0. The van der Waals surface area contributed by atoms with Crippen LogP contribution in [0, 0.1) is 0 Å². The monoisotopic (exact) mass is 543 g/mol. The largest absolute Gasteiger partial charge is 0.490 e. The number of unbranched alkanes of at least 4 members (excludes halogenated alkanes) is 2. The fourth-order valence-corrected chi connectivity index (χ4v) is 3.19. The molecular weight excluding hydrogens is 525 g/mol. The predicted molar refractivity (Wildman–Crippen MR) is 126 cm³/mol. The van der Waals surface area contributed by atoms with Crippen LogP contribution in [-0.4, -0.2) is 26.0 Å². The Bertz CT molecular complexity index is 924. The second-order valence-electron chi connectivity index (χ2n) is 6.62. The van der Waals surface area contributed by atoms with Gasteiger partial charge in [-0.05, 0) is 43.0 Å². The number of alkyl halides is 3. The fourth-order valence-electron chi connectivity index (χ4n) is 2.49. The molecule has 0 saturated heterocycles. The van der Waals surface area contributed by atoms with Crippen LogP contribution in [0.15, 0.2) is 52.1 Å². The summed E-state index contributed by atoms with van der Waals surface area (Å²) in [5.41, 5.74) is -0.194. The van der Waals surface area contributed by atoms with E-state index in [1.54, 1.807) is 12.1 Å². The summed E-state index contributed by atoms with van der Waals surface area (Å²) >= 11 is 23.5. The zero-order valence-corrected chi connectivity index (χ0v) is 20.2. The molecule has 2 aromatic rings. The Morgan fingerprint density at radius 2 is 1.55 bits per heavy atom. The van der Waals surface area contributed by atoms with Crippen molar-refractivity contribution < 1.29 is 27.5 Å². The van der Waals surface area contributed by atoms with Crippen molar-refractivity contribution in [1.82, 2.24) is 0 Å². The molecule has 0 aromatic heterocycles. The van der Waals surface area contributed by atoms with Gasteiger partial charge >= 0.3 is 6.18 Å². The third-order valence-electron chi connectivity index (χ3n) is 4.10. The summed E-state index contributed by atoms with van der Waals surface area (Å²) in [4.78, 5) is 5.13. The third kappa shape index (κ3) is 10.3. The van der Waals surface area contributed by atoms with Gasteiger partial charge in [0.1, 0.15) is 23.5 Å². The molecular formula is C22H20Cl4F3NO3. The van der Waals surface area contributed by atoms with Gasteiger partial charge in [0.25, 0.3) is 0 Å². The van der Waals surface area contributed by atoms with Crippen LogP contribution in [0.3, 0.4) is 0 Å². The molecule has 180 valence electrons.